The minimum Gasteiger partial charge on any atom is -0.276 e. The van der Waals surface area contributed by atoms with Crippen molar-refractivity contribution in [2.75, 3.05) is 13.1 Å². The molecular weight excluding hydrogens is 383 g/mol. The van der Waals surface area contributed by atoms with Crippen molar-refractivity contribution in [2.24, 2.45) is 7.05 Å². The van der Waals surface area contributed by atoms with Crippen LogP contribution in [0.3, 0.4) is 0 Å². The summed E-state index contributed by atoms with van der Waals surface area (Å²) in [7, 11) is -2.20. The molecule has 0 unspecified atom stereocenters. The lowest BCUT2D eigenvalue weighted by molar-refractivity contribution is 0.303. The maximum atomic E-state index is 14.0. The van der Waals surface area contributed by atoms with Gasteiger partial charge in [-0.15, -0.1) is 0 Å². The van der Waals surface area contributed by atoms with Gasteiger partial charge in [0, 0.05) is 32.1 Å². The summed E-state index contributed by atoms with van der Waals surface area (Å²) in [6, 6.07) is 5.65. The lowest BCUT2D eigenvalue weighted by Crippen LogP contribution is -2.39. The van der Waals surface area contributed by atoms with Crippen LogP contribution in [-0.4, -0.2) is 40.2 Å². The van der Waals surface area contributed by atoms with Crippen LogP contribution in [0.15, 0.2) is 34.0 Å². The summed E-state index contributed by atoms with van der Waals surface area (Å²) in [6.45, 7) is 0.577. The number of hydrogen-bond acceptors (Lipinski definition) is 4. The average molecular weight is 408 g/mol. The SMILES string of the molecule is Cn1nc(C2CCN(S(=O)(=O)c3ccccc3F)CC2)n(C2CCCC2)c1=O. The van der Waals surface area contributed by atoms with Gasteiger partial charge in [-0.25, -0.2) is 22.3 Å². The Hall–Kier alpha value is -2.00. The Morgan fingerprint density at radius 1 is 1.07 bits per heavy atom. The molecule has 152 valence electrons. The first kappa shape index (κ1) is 19.3. The van der Waals surface area contributed by atoms with Crippen molar-refractivity contribution in [1.82, 2.24) is 18.7 Å². The van der Waals surface area contributed by atoms with Crippen molar-refractivity contribution in [2.45, 2.75) is 55.4 Å². The lowest BCUT2D eigenvalue weighted by atomic mass is 9.97. The lowest BCUT2D eigenvalue weighted by Gasteiger charge is -2.31. The van der Waals surface area contributed by atoms with Crippen LogP contribution in [0.4, 0.5) is 4.39 Å². The molecule has 0 atom stereocenters. The smallest absolute Gasteiger partial charge is 0.276 e. The van der Waals surface area contributed by atoms with E-state index in [0.29, 0.717) is 12.8 Å². The number of rotatable bonds is 4. The van der Waals surface area contributed by atoms with Crippen LogP contribution >= 0.6 is 0 Å². The molecule has 7 nitrogen and oxygen atoms in total. The van der Waals surface area contributed by atoms with Crippen molar-refractivity contribution in [1.29, 1.82) is 0 Å². The third-order valence-corrected chi connectivity index (χ3v) is 7.88. The van der Waals surface area contributed by atoms with E-state index in [1.807, 2.05) is 4.57 Å². The molecule has 1 saturated heterocycles. The first-order valence-corrected chi connectivity index (χ1v) is 11.2. The summed E-state index contributed by atoms with van der Waals surface area (Å²) in [5.74, 6) is 0.0633. The number of piperidine rings is 1. The Balaban J connectivity index is 1.55. The Kier molecular flexibility index (Phi) is 5.13. The second-order valence-corrected chi connectivity index (χ2v) is 9.59. The molecule has 2 aliphatic rings. The molecule has 1 aromatic heterocycles. The van der Waals surface area contributed by atoms with Crippen LogP contribution in [-0.2, 0) is 17.1 Å². The van der Waals surface area contributed by atoms with Gasteiger partial charge in [0.05, 0.1) is 0 Å². The third kappa shape index (κ3) is 3.30. The molecule has 0 spiro atoms. The van der Waals surface area contributed by atoms with Crippen molar-refractivity contribution < 1.29 is 12.8 Å². The molecule has 2 fully saturated rings. The van der Waals surface area contributed by atoms with Crippen LogP contribution < -0.4 is 5.69 Å². The number of halogens is 1. The normalized spacial score (nSPS) is 20.1. The van der Waals surface area contributed by atoms with E-state index in [-0.39, 0.29) is 35.6 Å². The van der Waals surface area contributed by atoms with E-state index in [2.05, 4.69) is 5.10 Å². The average Bonchev–Trinajstić information content (AvgIpc) is 3.31. The summed E-state index contributed by atoms with van der Waals surface area (Å²) in [6.07, 6.45) is 5.33. The van der Waals surface area contributed by atoms with Gasteiger partial charge in [0.1, 0.15) is 16.5 Å². The van der Waals surface area contributed by atoms with Crippen molar-refractivity contribution >= 4 is 10.0 Å². The van der Waals surface area contributed by atoms with E-state index < -0.39 is 15.8 Å². The van der Waals surface area contributed by atoms with Gasteiger partial charge in [0.25, 0.3) is 0 Å². The molecule has 0 N–H and O–H groups in total. The van der Waals surface area contributed by atoms with Crippen LogP contribution in [0.25, 0.3) is 0 Å². The molecule has 4 rings (SSSR count). The minimum atomic E-state index is -3.86. The summed E-state index contributed by atoms with van der Waals surface area (Å²) in [4.78, 5) is 12.3. The molecular formula is C19H25FN4O3S. The molecule has 2 heterocycles. The van der Waals surface area contributed by atoms with Crippen molar-refractivity contribution in [3.8, 4) is 0 Å². The minimum absolute atomic E-state index is 0.0292. The molecule has 1 aromatic carbocycles. The highest BCUT2D eigenvalue weighted by Crippen LogP contribution is 2.34. The Morgan fingerprint density at radius 3 is 2.36 bits per heavy atom. The van der Waals surface area contributed by atoms with Gasteiger partial charge in [-0.05, 0) is 37.8 Å². The van der Waals surface area contributed by atoms with Crippen LogP contribution in [0, 0.1) is 5.82 Å². The quantitative estimate of drug-likeness (QED) is 0.778. The van der Waals surface area contributed by atoms with Gasteiger partial charge < -0.3 is 0 Å². The van der Waals surface area contributed by atoms with Gasteiger partial charge in [-0.2, -0.15) is 9.40 Å². The fraction of sp³-hybridized carbons (Fsp3) is 0.579. The number of sulfonamides is 1. The highest BCUT2D eigenvalue weighted by molar-refractivity contribution is 7.89. The van der Waals surface area contributed by atoms with Crippen molar-refractivity contribution in [3.05, 3.63) is 46.4 Å². The number of aromatic nitrogens is 3. The maximum absolute atomic E-state index is 14.0. The summed E-state index contributed by atoms with van der Waals surface area (Å²) >= 11 is 0. The van der Waals surface area contributed by atoms with Gasteiger partial charge >= 0.3 is 5.69 Å². The molecule has 28 heavy (non-hydrogen) atoms. The zero-order valence-corrected chi connectivity index (χ0v) is 16.7. The summed E-state index contributed by atoms with van der Waals surface area (Å²) in [5.41, 5.74) is -0.0942. The highest BCUT2D eigenvalue weighted by Gasteiger charge is 2.35. The van der Waals surface area contributed by atoms with Gasteiger partial charge in [-0.1, -0.05) is 25.0 Å². The van der Waals surface area contributed by atoms with E-state index in [1.54, 1.807) is 7.05 Å². The number of benzene rings is 1. The topological polar surface area (TPSA) is 77.2 Å². The Bertz CT molecular complexity index is 1020. The van der Waals surface area contributed by atoms with Gasteiger partial charge in [0.15, 0.2) is 0 Å². The second-order valence-electron chi connectivity index (χ2n) is 7.68. The number of nitrogens with zero attached hydrogens (tertiary/aromatic N) is 4. The second kappa shape index (κ2) is 7.44. The molecule has 0 bridgehead atoms. The summed E-state index contributed by atoms with van der Waals surface area (Å²) < 4.78 is 44.1. The largest absolute Gasteiger partial charge is 0.345 e. The van der Waals surface area contributed by atoms with E-state index in [1.165, 1.54) is 27.2 Å². The fourth-order valence-corrected chi connectivity index (χ4v) is 5.96. The standard InChI is InChI=1S/C19H25FN4O3S/c1-22-19(25)24(15-6-2-3-7-15)18(21-22)14-10-12-23(13-11-14)28(26,27)17-9-5-4-8-16(17)20/h4-5,8-9,14-15H,2-3,6-7,10-13H2,1H3. The van der Waals surface area contributed by atoms with E-state index in [0.717, 1.165) is 37.6 Å². The van der Waals surface area contributed by atoms with E-state index >= 15 is 0 Å². The van der Waals surface area contributed by atoms with E-state index in [9.17, 15) is 17.6 Å². The first-order chi connectivity index (χ1) is 13.4. The molecule has 0 amide bonds. The monoisotopic (exact) mass is 408 g/mol. The van der Waals surface area contributed by atoms with Crippen molar-refractivity contribution in [3.63, 3.8) is 0 Å². The Labute approximate surface area is 163 Å². The number of hydrogen-bond donors (Lipinski definition) is 0. The van der Waals surface area contributed by atoms with Crippen LogP contribution in [0.1, 0.15) is 56.3 Å². The predicted octanol–water partition coefficient (Wildman–Crippen LogP) is 2.40. The fourth-order valence-electron chi connectivity index (χ4n) is 4.43. The van der Waals surface area contributed by atoms with E-state index in [4.69, 9.17) is 0 Å². The first-order valence-electron chi connectivity index (χ1n) is 9.79. The highest BCUT2D eigenvalue weighted by atomic mass is 32.2. The van der Waals surface area contributed by atoms with Crippen LogP contribution in [0.2, 0.25) is 0 Å². The van der Waals surface area contributed by atoms with Crippen LogP contribution in [0.5, 0.6) is 0 Å². The molecule has 0 radical (unpaired) electrons. The molecule has 1 aliphatic carbocycles. The maximum Gasteiger partial charge on any atom is 0.345 e. The molecule has 1 saturated carbocycles. The zero-order valence-electron chi connectivity index (χ0n) is 15.9. The number of aryl methyl sites for hydroxylation is 1. The summed E-state index contributed by atoms with van der Waals surface area (Å²) in [5, 5.41) is 4.48. The Morgan fingerprint density at radius 2 is 1.71 bits per heavy atom. The van der Waals surface area contributed by atoms with Gasteiger partial charge in [0.2, 0.25) is 10.0 Å². The molecule has 1 aliphatic heterocycles. The predicted molar refractivity (Wildman–Crippen MR) is 102 cm³/mol. The molecule has 2 aromatic rings. The zero-order chi connectivity index (χ0) is 19.9. The molecule has 9 heteroatoms. The van der Waals surface area contributed by atoms with Gasteiger partial charge in [-0.3, -0.25) is 4.57 Å². The third-order valence-electron chi connectivity index (χ3n) is 5.95.